The zero-order valence-corrected chi connectivity index (χ0v) is 11.2. The van der Waals surface area contributed by atoms with Crippen LogP contribution in [-0.2, 0) is 5.41 Å². The van der Waals surface area contributed by atoms with Crippen LogP contribution >= 0.6 is 15.9 Å². The van der Waals surface area contributed by atoms with Gasteiger partial charge >= 0.3 is 0 Å². The van der Waals surface area contributed by atoms with Gasteiger partial charge in [0.1, 0.15) is 11.5 Å². The summed E-state index contributed by atoms with van der Waals surface area (Å²) in [6.07, 6.45) is 0. The van der Waals surface area contributed by atoms with Crippen molar-refractivity contribution >= 4 is 15.9 Å². The molecule has 0 aliphatic heterocycles. The summed E-state index contributed by atoms with van der Waals surface area (Å²) in [6.45, 7) is 4.35. The minimum atomic E-state index is 0.0532. The molecule has 0 N–H and O–H groups in total. The molecule has 0 saturated carbocycles. The molecule has 0 unspecified atom stereocenters. The van der Waals surface area contributed by atoms with E-state index in [9.17, 15) is 0 Å². The first-order chi connectivity index (χ1) is 7.05. The lowest BCUT2D eigenvalue weighted by Crippen LogP contribution is -2.19. The molecule has 0 aliphatic rings. The average Bonchev–Trinajstić information content (AvgIpc) is 2.28. The molecule has 0 fully saturated rings. The monoisotopic (exact) mass is 272 g/mol. The van der Waals surface area contributed by atoms with Crippen LogP contribution in [0, 0.1) is 0 Å². The van der Waals surface area contributed by atoms with Crippen LogP contribution in [0.25, 0.3) is 0 Å². The van der Waals surface area contributed by atoms with Crippen molar-refractivity contribution in [1.29, 1.82) is 0 Å². The Balaban J connectivity index is 3.18. The molecule has 0 amide bonds. The largest absolute Gasteiger partial charge is 0.497 e. The fourth-order valence-electron chi connectivity index (χ4n) is 1.43. The van der Waals surface area contributed by atoms with Gasteiger partial charge in [0.25, 0.3) is 0 Å². The fraction of sp³-hybridized carbons (Fsp3) is 0.500. The van der Waals surface area contributed by atoms with E-state index in [1.54, 1.807) is 14.2 Å². The van der Waals surface area contributed by atoms with Crippen LogP contribution in [0.3, 0.4) is 0 Å². The van der Waals surface area contributed by atoms with Gasteiger partial charge in [-0.2, -0.15) is 0 Å². The maximum atomic E-state index is 5.38. The molecule has 0 heterocycles. The molecule has 0 aromatic heterocycles. The molecule has 0 bridgehead atoms. The third kappa shape index (κ3) is 2.65. The molecule has 84 valence electrons. The molecule has 0 aliphatic carbocycles. The Morgan fingerprint density at radius 2 is 1.87 bits per heavy atom. The quantitative estimate of drug-likeness (QED) is 0.783. The third-order valence-corrected chi connectivity index (χ3v) is 3.87. The van der Waals surface area contributed by atoms with Gasteiger partial charge in [0.2, 0.25) is 0 Å². The lowest BCUT2D eigenvalue weighted by molar-refractivity contribution is 0.383. The van der Waals surface area contributed by atoms with E-state index in [1.165, 1.54) is 5.56 Å². The number of hydrogen-bond donors (Lipinski definition) is 0. The van der Waals surface area contributed by atoms with Crippen LogP contribution in [0.5, 0.6) is 11.5 Å². The first-order valence-corrected chi connectivity index (χ1v) is 5.96. The molecule has 0 spiro atoms. The molecular weight excluding hydrogens is 256 g/mol. The number of methoxy groups -OCH3 is 2. The maximum absolute atomic E-state index is 5.38. The van der Waals surface area contributed by atoms with Crippen LogP contribution in [0.15, 0.2) is 18.2 Å². The molecular formula is C12H17BrO2. The molecule has 1 aromatic rings. The summed E-state index contributed by atoms with van der Waals surface area (Å²) < 4.78 is 10.5. The van der Waals surface area contributed by atoms with Crippen LogP contribution in [0.1, 0.15) is 19.4 Å². The van der Waals surface area contributed by atoms with Crippen molar-refractivity contribution in [3.8, 4) is 11.5 Å². The molecule has 3 heteroatoms. The molecule has 2 nitrogen and oxygen atoms in total. The molecule has 0 atom stereocenters. The van der Waals surface area contributed by atoms with Crippen molar-refractivity contribution in [3.05, 3.63) is 23.8 Å². The highest BCUT2D eigenvalue weighted by atomic mass is 79.9. The van der Waals surface area contributed by atoms with Gasteiger partial charge in [-0.1, -0.05) is 35.8 Å². The van der Waals surface area contributed by atoms with Gasteiger partial charge in [-0.15, -0.1) is 0 Å². The van der Waals surface area contributed by atoms with Crippen molar-refractivity contribution < 1.29 is 9.47 Å². The van der Waals surface area contributed by atoms with Crippen molar-refractivity contribution in [2.75, 3.05) is 19.5 Å². The summed E-state index contributed by atoms with van der Waals surface area (Å²) in [5, 5.41) is 0.892. The van der Waals surface area contributed by atoms with Gasteiger partial charge < -0.3 is 9.47 Å². The van der Waals surface area contributed by atoms with Crippen molar-refractivity contribution in [1.82, 2.24) is 0 Å². The Bertz CT molecular complexity index is 334. The molecule has 1 rings (SSSR count). The Morgan fingerprint density at radius 1 is 1.20 bits per heavy atom. The van der Waals surface area contributed by atoms with Gasteiger partial charge in [0.15, 0.2) is 0 Å². The number of ether oxygens (including phenoxy) is 2. The van der Waals surface area contributed by atoms with E-state index in [0.717, 1.165) is 16.8 Å². The SMILES string of the molecule is COc1ccc(C(C)(C)CBr)c(OC)c1. The van der Waals surface area contributed by atoms with E-state index in [2.05, 4.69) is 35.8 Å². The number of alkyl halides is 1. The minimum absolute atomic E-state index is 0.0532. The van der Waals surface area contributed by atoms with Crippen LogP contribution in [0.4, 0.5) is 0 Å². The normalized spacial score (nSPS) is 11.3. The van der Waals surface area contributed by atoms with E-state index in [0.29, 0.717) is 0 Å². The first-order valence-electron chi connectivity index (χ1n) is 4.83. The topological polar surface area (TPSA) is 18.5 Å². The number of benzene rings is 1. The standard InChI is InChI=1S/C12H17BrO2/c1-12(2,8-13)10-6-5-9(14-3)7-11(10)15-4/h5-7H,8H2,1-4H3. The minimum Gasteiger partial charge on any atom is -0.497 e. The summed E-state index contributed by atoms with van der Waals surface area (Å²) >= 11 is 3.52. The predicted molar refractivity (Wildman–Crippen MR) is 66.4 cm³/mol. The highest BCUT2D eigenvalue weighted by Crippen LogP contribution is 2.35. The van der Waals surface area contributed by atoms with E-state index in [1.807, 2.05) is 12.1 Å². The fourth-order valence-corrected chi connectivity index (χ4v) is 1.73. The summed E-state index contributed by atoms with van der Waals surface area (Å²) in [4.78, 5) is 0. The second kappa shape index (κ2) is 4.88. The van der Waals surface area contributed by atoms with E-state index in [4.69, 9.17) is 9.47 Å². The lowest BCUT2D eigenvalue weighted by Gasteiger charge is -2.24. The Kier molecular flexibility index (Phi) is 4.03. The van der Waals surface area contributed by atoms with Gasteiger partial charge in [-0.3, -0.25) is 0 Å². The predicted octanol–water partition coefficient (Wildman–Crippen LogP) is 3.38. The number of hydrogen-bond acceptors (Lipinski definition) is 2. The highest BCUT2D eigenvalue weighted by Gasteiger charge is 2.23. The van der Waals surface area contributed by atoms with E-state index >= 15 is 0 Å². The number of halogens is 1. The van der Waals surface area contributed by atoms with Crippen molar-refractivity contribution in [2.45, 2.75) is 19.3 Å². The Hall–Kier alpha value is -0.700. The summed E-state index contributed by atoms with van der Waals surface area (Å²) in [5.41, 5.74) is 1.24. The lowest BCUT2D eigenvalue weighted by atomic mass is 9.86. The van der Waals surface area contributed by atoms with Gasteiger partial charge in [-0.25, -0.2) is 0 Å². The van der Waals surface area contributed by atoms with Crippen LogP contribution < -0.4 is 9.47 Å². The third-order valence-electron chi connectivity index (χ3n) is 2.47. The van der Waals surface area contributed by atoms with E-state index < -0.39 is 0 Å². The van der Waals surface area contributed by atoms with Crippen LogP contribution in [-0.4, -0.2) is 19.5 Å². The Labute approximate surface area is 99.7 Å². The smallest absolute Gasteiger partial charge is 0.126 e. The van der Waals surface area contributed by atoms with Gasteiger partial charge in [0.05, 0.1) is 14.2 Å². The molecule has 0 saturated heterocycles. The van der Waals surface area contributed by atoms with E-state index in [-0.39, 0.29) is 5.41 Å². The Morgan fingerprint density at radius 3 is 2.33 bits per heavy atom. The van der Waals surface area contributed by atoms with Crippen LogP contribution in [0.2, 0.25) is 0 Å². The molecule has 15 heavy (non-hydrogen) atoms. The molecule has 0 radical (unpaired) electrons. The van der Waals surface area contributed by atoms with Crippen molar-refractivity contribution in [3.63, 3.8) is 0 Å². The van der Waals surface area contributed by atoms with Gasteiger partial charge in [-0.05, 0) is 6.07 Å². The second-order valence-electron chi connectivity index (χ2n) is 4.08. The second-order valence-corrected chi connectivity index (χ2v) is 4.64. The zero-order valence-electron chi connectivity index (χ0n) is 9.63. The summed E-state index contributed by atoms with van der Waals surface area (Å²) in [6, 6.07) is 5.93. The zero-order chi connectivity index (χ0) is 11.5. The summed E-state index contributed by atoms with van der Waals surface area (Å²) in [7, 11) is 3.34. The average molecular weight is 273 g/mol. The summed E-state index contributed by atoms with van der Waals surface area (Å²) in [5.74, 6) is 1.69. The maximum Gasteiger partial charge on any atom is 0.126 e. The van der Waals surface area contributed by atoms with Crippen molar-refractivity contribution in [2.24, 2.45) is 0 Å². The van der Waals surface area contributed by atoms with Gasteiger partial charge in [0, 0.05) is 22.4 Å². The first kappa shape index (κ1) is 12.4. The molecule has 1 aromatic carbocycles. The highest BCUT2D eigenvalue weighted by molar-refractivity contribution is 9.09. The number of rotatable bonds is 4.